The SMILES string of the molecule is Cn1cc(-c2cccc(F)c2Cc2nc3c(N)nc(-c4cccc(C#N)c4F)cn3n2)cn1. The maximum atomic E-state index is 14.8. The van der Waals surface area contributed by atoms with Crippen molar-refractivity contribution in [3.05, 3.63) is 83.6 Å². The topological polar surface area (TPSA) is 111 Å². The van der Waals surface area contributed by atoms with E-state index in [2.05, 4.69) is 20.2 Å². The van der Waals surface area contributed by atoms with Crippen LogP contribution in [-0.2, 0) is 13.5 Å². The number of nitrogens with zero attached hydrogens (tertiary/aromatic N) is 7. The van der Waals surface area contributed by atoms with Gasteiger partial charge in [0, 0.05) is 36.4 Å². The number of halogens is 2. The van der Waals surface area contributed by atoms with Crippen LogP contribution in [-0.4, -0.2) is 29.4 Å². The Hall–Kier alpha value is -4.65. The maximum Gasteiger partial charge on any atom is 0.198 e. The van der Waals surface area contributed by atoms with Crippen molar-refractivity contribution in [2.45, 2.75) is 6.42 Å². The number of hydrogen-bond acceptors (Lipinski definition) is 6. The number of aromatic nitrogens is 6. The molecule has 0 bridgehead atoms. The van der Waals surface area contributed by atoms with E-state index in [4.69, 9.17) is 11.0 Å². The summed E-state index contributed by atoms with van der Waals surface area (Å²) in [6.45, 7) is 0. The van der Waals surface area contributed by atoms with Gasteiger partial charge in [-0.1, -0.05) is 18.2 Å². The van der Waals surface area contributed by atoms with Gasteiger partial charge in [0.25, 0.3) is 0 Å². The molecule has 0 unspecified atom stereocenters. The zero-order chi connectivity index (χ0) is 23.1. The third-order valence-corrected chi connectivity index (χ3v) is 5.25. The molecule has 8 nitrogen and oxygen atoms in total. The van der Waals surface area contributed by atoms with Gasteiger partial charge in [-0.3, -0.25) is 4.68 Å². The Balaban J connectivity index is 1.58. The van der Waals surface area contributed by atoms with Gasteiger partial charge in [-0.2, -0.15) is 15.5 Å². The molecule has 0 amide bonds. The molecule has 5 rings (SSSR count). The van der Waals surface area contributed by atoms with Gasteiger partial charge in [0.05, 0.1) is 23.7 Å². The average molecular weight is 442 g/mol. The zero-order valence-corrected chi connectivity index (χ0v) is 17.4. The van der Waals surface area contributed by atoms with Crippen LogP contribution < -0.4 is 5.73 Å². The minimum atomic E-state index is -0.695. The van der Waals surface area contributed by atoms with Gasteiger partial charge in [-0.15, -0.1) is 0 Å². The monoisotopic (exact) mass is 442 g/mol. The van der Waals surface area contributed by atoms with E-state index in [0.717, 1.165) is 5.56 Å². The van der Waals surface area contributed by atoms with E-state index in [1.165, 1.54) is 28.9 Å². The number of anilines is 1. The van der Waals surface area contributed by atoms with E-state index in [0.29, 0.717) is 17.0 Å². The van der Waals surface area contributed by atoms with Crippen LogP contribution in [0.4, 0.5) is 14.6 Å². The molecule has 0 aliphatic heterocycles. The summed E-state index contributed by atoms with van der Waals surface area (Å²) >= 11 is 0. The lowest BCUT2D eigenvalue weighted by Crippen LogP contribution is -2.01. The quantitative estimate of drug-likeness (QED) is 0.456. The van der Waals surface area contributed by atoms with Gasteiger partial charge in [0.2, 0.25) is 0 Å². The van der Waals surface area contributed by atoms with E-state index in [1.807, 2.05) is 6.07 Å². The first-order valence-electron chi connectivity index (χ1n) is 9.91. The molecule has 3 aromatic heterocycles. The highest BCUT2D eigenvalue weighted by atomic mass is 19.1. The summed E-state index contributed by atoms with van der Waals surface area (Å²) in [4.78, 5) is 8.64. The molecule has 5 aromatic rings. The minimum Gasteiger partial charge on any atom is -0.381 e. The molecule has 0 aliphatic carbocycles. The van der Waals surface area contributed by atoms with E-state index < -0.39 is 11.6 Å². The van der Waals surface area contributed by atoms with E-state index >= 15 is 0 Å². The molecule has 162 valence electrons. The van der Waals surface area contributed by atoms with Crippen LogP contribution in [0.3, 0.4) is 0 Å². The van der Waals surface area contributed by atoms with Gasteiger partial charge >= 0.3 is 0 Å². The summed E-state index contributed by atoms with van der Waals surface area (Å²) < 4.78 is 32.4. The molecule has 2 N–H and O–H groups in total. The standard InChI is InChI=1S/C23H16F2N8/c1-32-11-14(10-28-32)15-5-3-7-18(24)17(15)8-20-30-23-22(27)29-19(12-33(23)31-20)16-6-2-4-13(9-26)21(16)25/h2-7,10-12H,8H2,1H3,(H2,27,29). The molecule has 0 saturated carbocycles. The van der Waals surface area contributed by atoms with Crippen molar-refractivity contribution in [1.82, 2.24) is 29.4 Å². The Bertz CT molecular complexity index is 1560. The Morgan fingerprint density at radius 1 is 1.06 bits per heavy atom. The molecule has 0 saturated heterocycles. The highest BCUT2D eigenvalue weighted by Crippen LogP contribution is 2.28. The van der Waals surface area contributed by atoms with Crippen molar-refractivity contribution in [2.75, 3.05) is 5.73 Å². The predicted octanol–water partition coefficient (Wildman–Crippen LogP) is 3.51. The molecule has 0 atom stereocenters. The molecule has 10 heteroatoms. The Morgan fingerprint density at radius 2 is 1.85 bits per heavy atom. The van der Waals surface area contributed by atoms with Gasteiger partial charge in [0.15, 0.2) is 17.3 Å². The molecular weight excluding hydrogens is 426 g/mol. The lowest BCUT2D eigenvalue weighted by molar-refractivity contribution is 0.613. The van der Waals surface area contributed by atoms with Crippen molar-refractivity contribution in [1.29, 1.82) is 5.26 Å². The van der Waals surface area contributed by atoms with Crippen LogP contribution in [0.2, 0.25) is 0 Å². The second-order valence-corrected chi connectivity index (χ2v) is 7.43. The summed E-state index contributed by atoms with van der Waals surface area (Å²) in [5, 5.41) is 17.7. The number of nitrogens with two attached hydrogens (primary N) is 1. The number of nitriles is 1. The zero-order valence-electron chi connectivity index (χ0n) is 17.4. The van der Waals surface area contributed by atoms with Crippen LogP contribution in [0.15, 0.2) is 55.0 Å². The third-order valence-electron chi connectivity index (χ3n) is 5.25. The van der Waals surface area contributed by atoms with Crippen LogP contribution in [0.5, 0.6) is 0 Å². The first-order valence-corrected chi connectivity index (χ1v) is 9.91. The summed E-state index contributed by atoms with van der Waals surface area (Å²) in [6, 6.07) is 11.1. The number of aryl methyl sites for hydroxylation is 1. The van der Waals surface area contributed by atoms with Gasteiger partial charge in [0.1, 0.15) is 17.7 Å². The van der Waals surface area contributed by atoms with Crippen LogP contribution >= 0.6 is 0 Å². The predicted molar refractivity (Wildman–Crippen MR) is 117 cm³/mol. The number of benzene rings is 2. The third kappa shape index (κ3) is 3.55. The molecule has 0 aliphatic rings. The van der Waals surface area contributed by atoms with E-state index in [9.17, 15) is 8.78 Å². The molecule has 0 fully saturated rings. The Kier molecular flexibility index (Phi) is 4.79. The van der Waals surface area contributed by atoms with Crippen molar-refractivity contribution in [2.24, 2.45) is 7.05 Å². The normalized spacial score (nSPS) is 11.1. The molecule has 33 heavy (non-hydrogen) atoms. The fourth-order valence-electron chi connectivity index (χ4n) is 3.70. The van der Waals surface area contributed by atoms with Gasteiger partial charge < -0.3 is 5.73 Å². The van der Waals surface area contributed by atoms with E-state index in [-0.39, 0.29) is 34.7 Å². The van der Waals surface area contributed by atoms with Crippen molar-refractivity contribution < 1.29 is 8.78 Å². The smallest absolute Gasteiger partial charge is 0.198 e. The first-order chi connectivity index (χ1) is 15.9. The fraction of sp³-hybridized carbons (Fsp3) is 0.0870. The molecule has 0 spiro atoms. The summed E-state index contributed by atoms with van der Waals surface area (Å²) in [6.07, 6.45) is 5.04. The second kappa shape index (κ2) is 7.80. The Labute approximate surface area is 186 Å². The summed E-state index contributed by atoms with van der Waals surface area (Å²) in [5.74, 6) is -0.729. The number of hydrogen-bond donors (Lipinski definition) is 1. The van der Waals surface area contributed by atoms with E-state index in [1.54, 1.807) is 42.3 Å². The fourth-order valence-corrected chi connectivity index (χ4v) is 3.70. The van der Waals surface area contributed by atoms with Crippen molar-refractivity contribution >= 4 is 11.5 Å². The number of rotatable bonds is 4. The van der Waals surface area contributed by atoms with Gasteiger partial charge in [-0.25, -0.2) is 23.3 Å². The van der Waals surface area contributed by atoms with Crippen molar-refractivity contribution in [3.63, 3.8) is 0 Å². The van der Waals surface area contributed by atoms with Crippen molar-refractivity contribution in [3.8, 4) is 28.5 Å². The molecular formula is C23H16F2N8. The minimum absolute atomic E-state index is 0.0361. The first kappa shape index (κ1) is 20.3. The lowest BCUT2D eigenvalue weighted by atomic mass is 9.99. The van der Waals surface area contributed by atoms with Crippen LogP contribution in [0.1, 0.15) is 17.0 Å². The second-order valence-electron chi connectivity index (χ2n) is 7.43. The highest BCUT2D eigenvalue weighted by Gasteiger charge is 2.18. The molecule has 2 aromatic carbocycles. The largest absolute Gasteiger partial charge is 0.381 e. The lowest BCUT2D eigenvalue weighted by Gasteiger charge is -2.07. The molecule has 0 radical (unpaired) electrons. The number of fused-ring (bicyclic) bond motifs is 1. The van der Waals surface area contributed by atoms with Crippen LogP contribution in [0.25, 0.3) is 28.0 Å². The molecule has 3 heterocycles. The average Bonchev–Trinajstić information content (AvgIpc) is 3.41. The van der Waals surface area contributed by atoms with Crippen LogP contribution in [0, 0.1) is 23.0 Å². The summed E-state index contributed by atoms with van der Waals surface area (Å²) in [5.41, 5.74) is 8.43. The maximum absolute atomic E-state index is 14.8. The van der Waals surface area contributed by atoms with Gasteiger partial charge in [-0.05, 0) is 23.8 Å². The highest BCUT2D eigenvalue weighted by molar-refractivity contribution is 5.69. The summed E-state index contributed by atoms with van der Waals surface area (Å²) in [7, 11) is 1.79. The number of nitrogen functional groups attached to an aromatic ring is 1. The Morgan fingerprint density at radius 3 is 2.61 bits per heavy atom.